The molecule has 0 rings (SSSR count). The van der Waals surface area contributed by atoms with Gasteiger partial charge in [-0.25, -0.2) is 0 Å². The molecule has 0 saturated carbocycles. The molecule has 0 aromatic rings. The van der Waals surface area contributed by atoms with Crippen LogP contribution in [0.4, 0.5) is 0 Å². The molecule has 0 aliphatic carbocycles. The van der Waals surface area contributed by atoms with Gasteiger partial charge >= 0.3 is 12.3 Å². The summed E-state index contributed by atoms with van der Waals surface area (Å²) in [4.78, 5) is 3.72. The lowest BCUT2D eigenvalue weighted by Gasteiger charge is -1.73. The topological polar surface area (TPSA) is 30.4 Å². The molecule has 1 atom stereocenters. The first-order valence-electron chi connectivity index (χ1n) is 2.84. The maximum Gasteiger partial charge on any atom is 0.347 e. The predicted octanol–water partition coefficient (Wildman–Crippen LogP) is 1.36. The van der Waals surface area contributed by atoms with Crippen LogP contribution in [0.15, 0.2) is 18.0 Å². The van der Waals surface area contributed by atoms with Crippen molar-refractivity contribution in [2.75, 3.05) is 0 Å². The second-order valence-corrected chi connectivity index (χ2v) is 1.63. The highest BCUT2D eigenvalue weighted by Gasteiger charge is 1.89. The molecule has 2 nitrogen and oxygen atoms in total. The monoisotopic (exact) mass is 123 g/mol. The van der Waals surface area contributed by atoms with Crippen LogP contribution in [0.3, 0.4) is 0 Å². The first kappa shape index (κ1) is 7.97. The number of nitrogens with zero attached hydrogens (tertiary/aromatic N) is 1. The summed E-state index contributed by atoms with van der Waals surface area (Å²) in [7, 11) is 0. The Hall–Kier alpha value is -1.03. The average Bonchev–Trinajstić information content (AvgIpc) is 1.80. The molecule has 0 heterocycles. The van der Waals surface area contributed by atoms with E-state index in [1.54, 1.807) is 6.08 Å². The lowest BCUT2D eigenvalue weighted by Crippen LogP contribution is -2.10. The molecule has 0 aliphatic rings. The highest BCUT2D eigenvalue weighted by molar-refractivity contribution is 5.02. The average molecular weight is 123 g/mol. The Balaban J connectivity index is 3.76. The first-order chi connectivity index (χ1) is 4.27. The van der Waals surface area contributed by atoms with Crippen LogP contribution in [0.25, 0.3) is 4.85 Å². The van der Waals surface area contributed by atoms with Gasteiger partial charge < -0.3 is 5.73 Å². The van der Waals surface area contributed by atoms with Crippen molar-refractivity contribution in [3.8, 4) is 6.07 Å². The van der Waals surface area contributed by atoms with Crippen molar-refractivity contribution >= 4 is 0 Å². The molecular formula is C7H11N2+. The summed E-state index contributed by atoms with van der Waals surface area (Å²) in [6, 6.07) is 2.55. The van der Waals surface area contributed by atoms with Gasteiger partial charge in [0.25, 0.3) is 0 Å². The van der Waals surface area contributed by atoms with Crippen molar-refractivity contribution in [1.82, 2.24) is 0 Å². The van der Waals surface area contributed by atoms with E-state index in [0.717, 1.165) is 0 Å². The Kier molecular flexibility index (Phi) is 4.53. The lowest BCUT2D eigenvalue weighted by molar-refractivity contribution is 0.957. The summed E-state index contributed by atoms with van der Waals surface area (Å²) in [5, 5.41) is 0. The van der Waals surface area contributed by atoms with Gasteiger partial charge in [0.1, 0.15) is 6.04 Å². The minimum absolute atomic E-state index is 0.0973. The van der Waals surface area contributed by atoms with E-state index in [0.29, 0.717) is 0 Å². The highest BCUT2D eigenvalue weighted by atomic mass is 14.7. The third-order valence-corrected chi connectivity index (χ3v) is 0.584. The summed E-state index contributed by atoms with van der Waals surface area (Å²) in [5.41, 5.74) is 8.08. The van der Waals surface area contributed by atoms with E-state index in [4.69, 9.17) is 5.73 Å². The van der Waals surface area contributed by atoms with E-state index >= 15 is 0 Å². The molecule has 2 N–H and O–H groups in total. The van der Waals surface area contributed by atoms with Crippen molar-refractivity contribution < 1.29 is 0 Å². The minimum Gasteiger partial charge on any atom is -0.313 e. The third kappa shape index (κ3) is 6.97. The molecule has 0 radical (unpaired) electrons. The molecule has 48 valence electrons. The smallest absolute Gasteiger partial charge is 0.313 e. The largest absolute Gasteiger partial charge is 0.347 e. The second kappa shape index (κ2) is 5.11. The van der Waals surface area contributed by atoms with Crippen molar-refractivity contribution in [2.45, 2.75) is 19.9 Å². The van der Waals surface area contributed by atoms with Gasteiger partial charge in [0.15, 0.2) is 0 Å². The predicted molar refractivity (Wildman–Crippen MR) is 39.2 cm³/mol. The van der Waals surface area contributed by atoms with Crippen LogP contribution < -0.4 is 5.73 Å². The Labute approximate surface area is 55.5 Å². The Morgan fingerprint density at radius 3 is 2.78 bits per heavy atom. The van der Waals surface area contributed by atoms with Crippen LogP contribution in [0.5, 0.6) is 0 Å². The number of allylic oxidation sites excluding steroid dienone is 1. The number of nitrogens with two attached hydrogens (primary N) is 1. The Morgan fingerprint density at radius 1 is 1.67 bits per heavy atom. The molecule has 0 spiro atoms. The normalized spacial score (nSPS) is 10.1. The molecule has 0 bridgehead atoms. The zero-order valence-corrected chi connectivity index (χ0v) is 5.76. The summed E-state index contributed by atoms with van der Waals surface area (Å²) in [6.07, 6.45) is 3.30. The van der Waals surface area contributed by atoms with E-state index in [1.807, 2.05) is 13.8 Å². The molecule has 9 heavy (non-hydrogen) atoms. The zero-order valence-electron chi connectivity index (χ0n) is 5.76. The fraction of sp³-hybridized carbons (Fsp3) is 0.429. The molecule has 0 amide bonds. The van der Waals surface area contributed by atoms with Crippen LogP contribution in [0.2, 0.25) is 0 Å². The zero-order chi connectivity index (χ0) is 7.11. The van der Waals surface area contributed by atoms with Gasteiger partial charge in [-0.2, -0.15) is 0 Å². The first-order valence-corrected chi connectivity index (χ1v) is 2.84. The fourth-order valence-electron chi connectivity index (χ4n) is 0.267. The van der Waals surface area contributed by atoms with Crippen LogP contribution in [-0.4, -0.2) is 6.04 Å². The van der Waals surface area contributed by atoms with E-state index in [9.17, 15) is 0 Å². The van der Waals surface area contributed by atoms with E-state index in [2.05, 4.69) is 16.6 Å². The van der Waals surface area contributed by atoms with Gasteiger partial charge in [-0.15, -0.1) is 0 Å². The van der Waals surface area contributed by atoms with Crippen molar-refractivity contribution in [1.29, 1.82) is 0 Å². The summed E-state index contributed by atoms with van der Waals surface area (Å²) < 4.78 is 0. The standard InChI is InChI=1S/C7H11N2/c1-3-4-5-9-6-7(2)8/h3,5,7H,8H2,1-2H3/q+1. The van der Waals surface area contributed by atoms with Crippen LogP contribution in [0.1, 0.15) is 13.8 Å². The van der Waals surface area contributed by atoms with Gasteiger partial charge in [-0.1, -0.05) is 0 Å². The minimum atomic E-state index is -0.0973. The van der Waals surface area contributed by atoms with Crippen molar-refractivity contribution in [3.63, 3.8) is 0 Å². The number of rotatable bonds is 0. The van der Waals surface area contributed by atoms with Crippen molar-refractivity contribution in [3.05, 3.63) is 22.9 Å². The fourth-order valence-corrected chi connectivity index (χ4v) is 0.267. The van der Waals surface area contributed by atoms with E-state index in [1.165, 1.54) is 6.20 Å². The quantitative estimate of drug-likeness (QED) is 0.484. The lowest BCUT2D eigenvalue weighted by atomic mass is 10.4. The molecule has 0 fully saturated rings. The van der Waals surface area contributed by atoms with Gasteiger partial charge in [-0.3, -0.25) is 0 Å². The van der Waals surface area contributed by atoms with Crippen LogP contribution in [-0.2, 0) is 0 Å². The molecular weight excluding hydrogens is 112 g/mol. The maximum absolute atomic E-state index is 5.31. The number of hydrogen-bond donors (Lipinski definition) is 1. The van der Waals surface area contributed by atoms with Gasteiger partial charge in [0, 0.05) is 0 Å². The third-order valence-electron chi connectivity index (χ3n) is 0.584. The number of hydrogen-bond acceptors (Lipinski definition) is 1. The van der Waals surface area contributed by atoms with Crippen LogP contribution in [0, 0.1) is 6.07 Å². The maximum atomic E-state index is 5.31. The molecule has 1 unspecified atom stereocenters. The summed E-state index contributed by atoms with van der Waals surface area (Å²) >= 11 is 0. The van der Waals surface area contributed by atoms with Gasteiger partial charge in [0.05, 0.1) is 0 Å². The summed E-state index contributed by atoms with van der Waals surface area (Å²) in [5.74, 6) is 0. The van der Waals surface area contributed by atoms with Crippen molar-refractivity contribution in [2.24, 2.45) is 5.73 Å². The highest BCUT2D eigenvalue weighted by Crippen LogP contribution is 1.73. The summed E-state index contributed by atoms with van der Waals surface area (Å²) in [6.45, 7) is 3.69. The molecule has 0 aliphatic heterocycles. The Morgan fingerprint density at radius 2 is 2.33 bits per heavy atom. The molecule has 0 aromatic heterocycles. The van der Waals surface area contributed by atoms with E-state index < -0.39 is 0 Å². The molecule has 2 heteroatoms. The second-order valence-electron chi connectivity index (χ2n) is 1.63. The SMILES string of the molecule is CC=C=C[N+]#CC(C)N. The van der Waals surface area contributed by atoms with Gasteiger partial charge in [-0.05, 0) is 30.5 Å². The van der Waals surface area contributed by atoms with E-state index in [-0.39, 0.29) is 6.04 Å². The molecule has 0 aromatic carbocycles. The Bertz CT molecular complexity index is 175. The molecule has 0 saturated heterocycles. The van der Waals surface area contributed by atoms with Crippen LogP contribution >= 0.6 is 0 Å². The van der Waals surface area contributed by atoms with Gasteiger partial charge in [0.2, 0.25) is 0 Å².